The molecule has 0 aliphatic rings. The summed E-state index contributed by atoms with van der Waals surface area (Å²) in [6.07, 6.45) is 1.51. The van der Waals surface area contributed by atoms with Crippen LogP contribution in [0.5, 0.6) is 11.6 Å². The highest BCUT2D eigenvalue weighted by Gasteiger charge is 2.04. The molecule has 0 spiro atoms. The largest absolute Gasteiger partial charge is 0.491 e. The zero-order valence-corrected chi connectivity index (χ0v) is 15.2. The molecule has 0 amide bonds. The Bertz CT molecular complexity index is 814. The van der Waals surface area contributed by atoms with Crippen LogP contribution in [0.2, 0.25) is 0 Å². The SMILES string of the molecule is CC(C)c1ccc(OCCOCCOc2ncnc3ccccc23)cc1. The number of para-hydroxylation sites is 1. The fraction of sp³-hybridized carbons (Fsp3) is 0.333. The molecule has 0 aliphatic carbocycles. The fourth-order valence-electron chi connectivity index (χ4n) is 2.56. The summed E-state index contributed by atoms with van der Waals surface area (Å²) in [6.45, 7) is 6.29. The molecule has 5 nitrogen and oxygen atoms in total. The number of fused-ring (bicyclic) bond motifs is 1. The summed E-state index contributed by atoms with van der Waals surface area (Å²) in [7, 11) is 0. The van der Waals surface area contributed by atoms with Gasteiger partial charge in [0.15, 0.2) is 0 Å². The molecule has 0 unspecified atom stereocenters. The van der Waals surface area contributed by atoms with Crippen LogP contribution in [0.1, 0.15) is 25.3 Å². The molecule has 136 valence electrons. The zero-order valence-electron chi connectivity index (χ0n) is 15.2. The maximum absolute atomic E-state index is 5.70. The molecule has 1 heterocycles. The van der Waals surface area contributed by atoms with Crippen molar-refractivity contribution in [3.63, 3.8) is 0 Å². The Morgan fingerprint density at radius 1 is 0.808 bits per heavy atom. The van der Waals surface area contributed by atoms with Crippen molar-refractivity contribution >= 4 is 10.9 Å². The average molecular weight is 352 g/mol. The maximum atomic E-state index is 5.70. The molecule has 3 aromatic rings. The Kier molecular flexibility index (Phi) is 6.39. The highest BCUT2D eigenvalue weighted by atomic mass is 16.5. The quantitative estimate of drug-likeness (QED) is 0.540. The van der Waals surface area contributed by atoms with Gasteiger partial charge in [0.1, 0.15) is 25.3 Å². The number of aromatic nitrogens is 2. The third-order valence-electron chi connectivity index (χ3n) is 4.02. The van der Waals surface area contributed by atoms with E-state index in [1.807, 2.05) is 36.4 Å². The van der Waals surface area contributed by atoms with Crippen LogP contribution in [0.25, 0.3) is 10.9 Å². The molecule has 0 saturated carbocycles. The van der Waals surface area contributed by atoms with Gasteiger partial charge in [0.2, 0.25) is 5.88 Å². The molecule has 0 bridgehead atoms. The number of rotatable bonds is 9. The van der Waals surface area contributed by atoms with Gasteiger partial charge in [-0.1, -0.05) is 38.1 Å². The van der Waals surface area contributed by atoms with E-state index in [2.05, 4.69) is 35.9 Å². The predicted octanol–water partition coefficient (Wildman–Crippen LogP) is 4.23. The molecular weight excluding hydrogens is 328 g/mol. The van der Waals surface area contributed by atoms with Gasteiger partial charge >= 0.3 is 0 Å². The Hall–Kier alpha value is -2.66. The zero-order chi connectivity index (χ0) is 18.2. The van der Waals surface area contributed by atoms with Crippen LogP contribution in [0.15, 0.2) is 54.9 Å². The molecule has 5 heteroatoms. The van der Waals surface area contributed by atoms with Crippen molar-refractivity contribution in [1.29, 1.82) is 0 Å². The van der Waals surface area contributed by atoms with Gasteiger partial charge in [-0.2, -0.15) is 0 Å². The van der Waals surface area contributed by atoms with E-state index in [0.29, 0.717) is 38.2 Å². The maximum Gasteiger partial charge on any atom is 0.224 e. The highest BCUT2D eigenvalue weighted by molar-refractivity contribution is 5.82. The molecular formula is C21H24N2O3. The first kappa shape index (κ1) is 18.1. The van der Waals surface area contributed by atoms with E-state index in [0.717, 1.165) is 16.7 Å². The fourth-order valence-corrected chi connectivity index (χ4v) is 2.56. The molecule has 0 saturated heterocycles. The van der Waals surface area contributed by atoms with Gasteiger partial charge in [0.05, 0.1) is 24.1 Å². The van der Waals surface area contributed by atoms with Gasteiger partial charge in [-0.15, -0.1) is 0 Å². The lowest BCUT2D eigenvalue weighted by atomic mass is 10.0. The number of nitrogens with zero attached hydrogens (tertiary/aromatic N) is 2. The smallest absolute Gasteiger partial charge is 0.224 e. The molecule has 0 radical (unpaired) electrons. The number of hydrogen-bond donors (Lipinski definition) is 0. The minimum Gasteiger partial charge on any atom is -0.491 e. The van der Waals surface area contributed by atoms with Crippen LogP contribution in [0.3, 0.4) is 0 Å². The van der Waals surface area contributed by atoms with Crippen molar-refractivity contribution in [1.82, 2.24) is 9.97 Å². The van der Waals surface area contributed by atoms with Crippen molar-refractivity contribution in [2.24, 2.45) is 0 Å². The summed E-state index contributed by atoms with van der Waals surface area (Å²) in [5.74, 6) is 1.97. The molecule has 3 rings (SSSR count). The second-order valence-electron chi connectivity index (χ2n) is 6.23. The van der Waals surface area contributed by atoms with E-state index >= 15 is 0 Å². The summed E-state index contributed by atoms with van der Waals surface area (Å²) in [6, 6.07) is 16.0. The molecule has 0 fully saturated rings. The van der Waals surface area contributed by atoms with Gasteiger partial charge in [-0.05, 0) is 35.7 Å². The molecule has 2 aromatic carbocycles. The number of benzene rings is 2. The average Bonchev–Trinajstić information content (AvgIpc) is 2.67. The normalized spacial score (nSPS) is 11.0. The molecule has 0 aliphatic heterocycles. The first-order chi connectivity index (χ1) is 12.7. The van der Waals surface area contributed by atoms with Gasteiger partial charge in [-0.25, -0.2) is 9.97 Å². The van der Waals surface area contributed by atoms with Gasteiger partial charge in [0.25, 0.3) is 0 Å². The van der Waals surface area contributed by atoms with E-state index in [1.54, 1.807) is 0 Å². The van der Waals surface area contributed by atoms with Crippen molar-refractivity contribution in [2.45, 2.75) is 19.8 Å². The Morgan fingerprint density at radius 2 is 1.54 bits per heavy atom. The first-order valence-corrected chi connectivity index (χ1v) is 8.87. The topological polar surface area (TPSA) is 53.5 Å². The van der Waals surface area contributed by atoms with Crippen LogP contribution in [0.4, 0.5) is 0 Å². The summed E-state index contributed by atoms with van der Waals surface area (Å²) in [5, 5.41) is 0.906. The third-order valence-corrected chi connectivity index (χ3v) is 4.02. The van der Waals surface area contributed by atoms with Crippen LogP contribution >= 0.6 is 0 Å². The predicted molar refractivity (Wildman–Crippen MR) is 102 cm³/mol. The summed E-state index contributed by atoms with van der Waals surface area (Å²) >= 11 is 0. The summed E-state index contributed by atoms with van der Waals surface area (Å²) < 4.78 is 16.9. The van der Waals surface area contributed by atoms with Crippen molar-refractivity contribution in [3.8, 4) is 11.6 Å². The molecule has 1 aromatic heterocycles. The minimum absolute atomic E-state index is 0.435. The standard InChI is InChI=1S/C21H24N2O3/c1-16(2)17-7-9-18(10-8-17)25-13-11-24-12-14-26-21-19-5-3-4-6-20(19)22-15-23-21/h3-10,15-16H,11-14H2,1-2H3. The van der Waals surface area contributed by atoms with Crippen molar-refractivity contribution < 1.29 is 14.2 Å². The van der Waals surface area contributed by atoms with Crippen LogP contribution < -0.4 is 9.47 Å². The second-order valence-corrected chi connectivity index (χ2v) is 6.23. The van der Waals surface area contributed by atoms with E-state index in [9.17, 15) is 0 Å². The van der Waals surface area contributed by atoms with Gasteiger partial charge < -0.3 is 14.2 Å². The lowest BCUT2D eigenvalue weighted by Gasteiger charge is -2.10. The highest BCUT2D eigenvalue weighted by Crippen LogP contribution is 2.20. The van der Waals surface area contributed by atoms with Gasteiger partial charge in [-0.3, -0.25) is 0 Å². The Balaban J connectivity index is 1.34. The number of hydrogen-bond acceptors (Lipinski definition) is 5. The summed E-state index contributed by atoms with van der Waals surface area (Å²) in [5.41, 5.74) is 2.18. The Labute approximate surface area is 154 Å². The van der Waals surface area contributed by atoms with Crippen molar-refractivity contribution in [2.75, 3.05) is 26.4 Å². The van der Waals surface area contributed by atoms with E-state index in [-0.39, 0.29) is 0 Å². The number of ether oxygens (including phenoxy) is 3. The second kappa shape index (κ2) is 9.15. The lowest BCUT2D eigenvalue weighted by molar-refractivity contribution is 0.0757. The summed E-state index contributed by atoms with van der Waals surface area (Å²) in [4.78, 5) is 8.40. The minimum atomic E-state index is 0.435. The van der Waals surface area contributed by atoms with E-state index in [4.69, 9.17) is 14.2 Å². The van der Waals surface area contributed by atoms with Crippen LogP contribution in [-0.2, 0) is 4.74 Å². The lowest BCUT2D eigenvalue weighted by Crippen LogP contribution is -2.12. The molecule has 0 N–H and O–H groups in total. The van der Waals surface area contributed by atoms with Crippen LogP contribution in [0, 0.1) is 0 Å². The van der Waals surface area contributed by atoms with E-state index < -0.39 is 0 Å². The Morgan fingerprint density at radius 3 is 2.31 bits per heavy atom. The van der Waals surface area contributed by atoms with E-state index in [1.165, 1.54) is 11.9 Å². The van der Waals surface area contributed by atoms with Crippen LogP contribution in [-0.4, -0.2) is 36.4 Å². The monoisotopic (exact) mass is 352 g/mol. The first-order valence-electron chi connectivity index (χ1n) is 8.87. The molecule has 26 heavy (non-hydrogen) atoms. The third kappa shape index (κ3) is 4.92. The van der Waals surface area contributed by atoms with Crippen molar-refractivity contribution in [3.05, 3.63) is 60.4 Å². The van der Waals surface area contributed by atoms with Gasteiger partial charge in [0, 0.05) is 0 Å². The molecule has 0 atom stereocenters.